The first-order valence-corrected chi connectivity index (χ1v) is 9.29. The van der Waals surface area contributed by atoms with Crippen LogP contribution in [0.2, 0.25) is 0 Å². The molecular formula is C21H21F3N2O4. The van der Waals surface area contributed by atoms with E-state index in [9.17, 15) is 22.8 Å². The quantitative estimate of drug-likeness (QED) is 0.693. The number of carbonyl (C=O) groups excluding carboxylic acids is 2. The molecule has 2 aromatic carbocycles. The summed E-state index contributed by atoms with van der Waals surface area (Å²) in [5.41, 5.74) is -0.698. The minimum Gasteiger partial charge on any atom is -0.497 e. The molecule has 0 spiro atoms. The highest BCUT2D eigenvalue weighted by molar-refractivity contribution is 5.93. The van der Waals surface area contributed by atoms with Gasteiger partial charge >= 0.3 is 12.1 Å². The van der Waals surface area contributed by atoms with E-state index in [1.165, 1.54) is 17.0 Å². The third-order valence-corrected chi connectivity index (χ3v) is 4.85. The Hall–Kier alpha value is -3.23. The molecule has 1 amide bonds. The SMILES string of the molecule is COc1ccc(N2CCN(C(=O)COC(=O)c3ccccc3C(F)(F)F)CC2)cc1. The van der Waals surface area contributed by atoms with Crippen LogP contribution in [0.1, 0.15) is 15.9 Å². The number of methoxy groups -OCH3 is 1. The van der Waals surface area contributed by atoms with Gasteiger partial charge in [-0.1, -0.05) is 12.1 Å². The zero-order chi connectivity index (χ0) is 21.7. The lowest BCUT2D eigenvalue weighted by atomic mass is 10.1. The average Bonchev–Trinajstić information content (AvgIpc) is 2.77. The van der Waals surface area contributed by atoms with E-state index >= 15 is 0 Å². The number of amides is 1. The van der Waals surface area contributed by atoms with Gasteiger partial charge in [0, 0.05) is 31.9 Å². The van der Waals surface area contributed by atoms with Gasteiger partial charge in [0.1, 0.15) is 5.75 Å². The van der Waals surface area contributed by atoms with Crippen LogP contribution in [0.4, 0.5) is 18.9 Å². The molecule has 1 heterocycles. The summed E-state index contributed by atoms with van der Waals surface area (Å²) in [6.45, 7) is 1.41. The van der Waals surface area contributed by atoms with Crippen LogP contribution in [-0.2, 0) is 15.7 Å². The van der Waals surface area contributed by atoms with Crippen molar-refractivity contribution in [3.8, 4) is 5.75 Å². The normalized spacial score (nSPS) is 14.4. The Balaban J connectivity index is 1.52. The largest absolute Gasteiger partial charge is 0.497 e. The van der Waals surface area contributed by atoms with E-state index in [-0.39, 0.29) is 0 Å². The number of nitrogens with zero attached hydrogens (tertiary/aromatic N) is 2. The van der Waals surface area contributed by atoms with Crippen LogP contribution in [0.25, 0.3) is 0 Å². The second-order valence-corrected chi connectivity index (χ2v) is 6.69. The number of ether oxygens (including phenoxy) is 2. The Kier molecular flexibility index (Phi) is 6.49. The van der Waals surface area contributed by atoms with Gasteiger partial charge in [0.15, 0.2) is 6.61 Å². The lowest BCUT2D eigenvalue weighted by Gasteiger charge is -2.36. The van der Waals surface area contributed by atoms with Crippen LogP contribution >= 0.6 is 0 Å². The summed E-state index contributed by atoms with van der Waals surface area (Å²) in [6, 6.07) is 11.9. The Labute approximate surface area is 171 Å². The molecule has 0 aromatic heterocycles. The molecule has 1 aliphatic heterocycles. The van der Waals surface area contributed by atoms with Crippen molar-refractivity contribution in [1.82, 2.24) is 4.90 Å². The Morgan fingerprint density at radius 3 is 2.20 bits per heavy atom. The third kappa shape index (κ3) is 5.03. The molecule has 0 radical (unpaired) electrons. The first-order valence-electron chi connectivity index (χ1n) is 9.29. The number of benzene rings is 2. The number of alkyl halides is 3. The van der Waals surface area contributed by atoms with E-state index < -0.39 is 35.8 Å². The molecule has 2 aromatic rings. The number of esters is 1. The summed E-state index contributed by atoms with van der Waals surface area (Å²) in [4.78, 5) is 28.0. The van der Waals surface area contributed by atoms with Gasteiger partial charge in [-0.05, 0) is 36.4 Å². The predicted molar refractivity (Wildman–Crippen MR) is 104 cm³/mol. The van der Waals surface area contributed by atoms with Gasteiger partial charge in [-0.25, -0.2) is 4.79 Å². The van der Waals surface area contributed by atoms with Crippen LogP contribution in [0.15, 0.2) is 48.5 Å². The monoisotopic (exact) mass is 422 g/mol. The maximum Gasteiger partial charge on any atom is 0.417 e. The van der Waals surface area contributed by atoms with Crippen molar-refractivity contribution >= 4 is 17.6 Å². The smallest absolute Gasteiger partial charge is 0.417 e. The van der Waals surface area contributed by atoms with Gasteiger partial charge in [-0.2, -0.15) is 13.2 Å². The maximum atomic E-state index is 13.0. The van der Waals surface area contributed by atoms with Crippen molar-refractivity contribution in [1.29, 1.82) is 0 Å². The van der Waals surface area contributed by atoms with E-state index in [0.717, 1.165) is 23.6 Å². The van der Waals surface area contributed by atoms with E-state index in [2.05, 4.69) is 4.90 Å². The van der Waals surface area contributed by atoms with Crippen LogP contribution in [0, 0.1) is 0 Å². The summed E-state index contributed by atoms with van der Waals surface area (Å²) in [7, 11) is 1.59. The summed E-state index contributed by atoms with van der Waals surface area (Å²) < 4.78 is 49.1. The van der Waals surface area contributed by atoms with E-state index in [4.69, 9.17) is 9.47 Å². The first kappa shape index (κ1) is 21.5. The molecule has 9 heteroatoms. The minimum absolute atomic E-state index is 0.418. The maximum absolute atomic E-state index is 13.0. The molecule has 1 fully saturated rings. The molecule has 0 saturated carbocycles. The fourth-order valence-corrected chi connectivity index (χ4v) is 3.21. The van der Waals surface area contributed by atoms with Gasteiger partial charge in [0.2, 0.25) is 0 Å². The van der Waals surface area contributed by atoms with Crippen molar-refractivity contribution in [2.45, 2.75) is 6.18 Å². The van der Waals surface area contributed by atoms with Crippen molar-refractivity contribution in [2.75, 3.05) is 44.8 Å². The number of carbonyl (C=O) groups is 2. The number of hydrogen-bond donors (Lipinski definition) is 0. The van der Waals surface area contributed by atoms with Gasteiger partial charge in [-0.3, -0.25) is 4.79 Å². The van der Waals surface area contributed by atoms with Crippen LogP contribution in [0.3, 0.4) is 0 Å². The molecule has 0 unspecified atom stereocenters. The van der Waals surface area contributed by atoms with E-state index in [1.54, 1.807) is 7.11 Å². The van der Waals surface area contributed by atoms with E-state index in [1.807, 2.05) is 24.3 Å². The molecule has 1 aliphatic rings. The number of anilines is 1. The summed E-state index contributed by atoms with van der Waals surface area (Å²) >= 11 is 0. The number of hydrogen-bond acceptors (Lipinski definition) is 5. The van der Waals surface area contributed by atoms with Gasteiger partial charge < -0.3 is 19.3 Å². The molecule has 0 bridgehead atoms. The lowest BCUT2D eigenvalue weighted by Crippen LogP contribution is -2.49. The second kappa shape index (κ2) is 9.06. The molecule has 6 nitrogen and oxygen atoms in total. The standard InChI is InChI=1S/C21H21F3N2O4/c1-29-16-8-6-15(7-9-16)25-10-12-26(13-11-25)19(27)14-30-20(28)17-4-2-3-5-18(17)21(22,23)24/h2-9H,10-14H2,1H3. The summed E-state index contributed by atoms with van der Waals surface area (Å²) in [6.07, 6.45) is -4.68. The zero-order valence-electron chi connectivity index (χ0n) is 16.3. The van der Waals surface area contributed by atoms with Crippen molar-refractivity contribution < 1.29 is 32.2 Å². The Morgan fingerprint density at radius 1 is 0.967 bits per heavy atom. The van der Waals surface area contributed by atoms with Crippen LogP contribution in [0.5, 0.6) is 5.75 Å². The molecule has 1 saturated heterocycles. The predicted octanol–water partition coefficient (Wildman–Crippen LogP) is 3.22. The molecule has 0 aliphatic carbocycles. The van der Waals surface area contributed by atoms with Gasteiger partial charge in [-0.15, -0.1) is 0 Å². The Bertz CT molecular complexity index is 892. The second-order valence-electron chi connectivity index (χ2n) is 6.69. The fraction of sp³-hybridized carbons (Fsp3) is 0.333. The van der Waals surface area contributed by atoms with Crippen LogP contribution < -0.4 is 9.64 Å². The topological polar surface area (TPSA) is 59.1 Å². The average molecular weight is 422 g/mol. The van der Waals surface area contributed by atoms with E-state index in [0.29, 0.717) is 26.2 Å². The van der Waals surface area contributed by atoms with Crippen molar-refractivity contribution in [3.63, 3.8) is 0 Å². The molecule has 0 N–H and O–H groups in total. The van der Waals surface area contributed by atoms with Gasteiger partial charge in [0.05, 0.1) is 18.2 Å². The highest BCUT2D eigenvalue weighted by Gasteiger charge is 2.35. The minimum atomic E-state index is -4.68. The molecule has 30 heavy (non-hydrogen) atoms. The number of rotatable bonds is 5. The lowest BCUT2D eigenvalue weighted by molar-refractivity contribution is -0.138. The van der Waals surface area contributed by atoms with Crippen molar-refractivity contribution in [2.24, 2.45) is 0 Å². The highest BCUT2D eigenvalue weighted by atomic mass is 19.4. The third-order valence-electron chi connectivity index (χ3n) is 4.85. The fourth-order valence-electron chi connectivity index (χ4n) is 3.21. The molecule has 3 rings (SSSR count). The summed E-state index contributed by atoms with van der Waals surface area (Å²) in [5, 5.41) is 0. The van der Waals surface area contributed by atoms with Gasteiger partial charge in [0.25, 0.3) is 5.91 Å². The Morgan fingerprint density at radius 2 is 1.60 bits per heavy atom. The molecular weight excluding hydrogens is 401 g/mol. The highest BCUT2D eigenvalue weighted by Crippen LogP contribution is 2.32. The number of halogens is 3. The summed E-state index contributed by atoms with van der Waals surface area (Å²) in [5.74, 6) is -0.864. The molecule has 160 valence electrons. The molecule has 0 atom stereocenters. The number of piperazine rings is 1. The zero-order valence-corrected chi connectivity index (χ0v) is 16.3. The first-order chi connectivity index (χ1) is 14.3. The van der Waals surface area contributed by atoms with Crippen LogP contribution in [-0.4, -0.2) is 56.7 Å². The van der Waals surface area contributed by atoms with Crippen molar-refractivity contribution in [3.05, 3.63) is 59.7 Å².